The van der Waals surface area contributed by atoms with E-state index >= 15 is 0 Å². The Labute approximate surface area is 83.5 Å². The Morgan fingerprint density at radius 2 is 2.29 bits per heavy atom. The summed E-state index contributed by atoms with van der Waals surface area (Å²) >= 11 is 0. The van der Waals surface area contributed by atoms with Crippen molar-refractivity contribution in [2.45, 2.75) is 37.5 Å². The van der Waals surface area contributed by atoms with Gasteiger partial charge in [-0.1, -0.05) is 0 Å². The van der Waals surface area contributed by atoms with Gasteiger partial charge in [-0.25, -0.2) is 0 Å². The molecule has 3 rings (SSSR count). The molecule has 14 heavy (non-hydrogen) atoms. The van der Waals surface area contributed by atoms with Crippen LogP contribution in [0.25, 0.3) is 0 Å². The van der Waals surface area contributed by atoms with Gasteiger partial charge >= 0.3 is 0 Å². The van der Waals surface area contributed by atoms with E-state index in [9.17, 15) is 5.11 Å². The third-order valence-electron chi connectivity index (χ3n) is 3.81. The zero-order valence-electron chi connectivity index (χ0n) is 8.13. The van der Waals surface area contributed by atoms with Crippen LogP contribution < -0.4 is 5.73 Å². The summed E-state index contributed by atoms with van der Waals surface area (Å²) < 4.78 is 2.26. The number of aromatic nitrogens is 1. The highest BCUT2D eigenvalue weighted by Crippen LogP contribution is 2.46. The summed E-state index contributed by atoms with van der Waals surface area (Å²) in [5.74, 6) is 0.250. The molecule has 1 fully saturated rings. The molecule has 0 unspecified atom stereocenters. The van der Waals surface area contributed by atoms with E-state index < -0.39 is 0 Å². The summed E-state index contributed by atoms with van der Waals surface area (Å²) in [7, 11) is 0. The number of nitrogens with two attached hydrogens (primary N) is 1. The van der Waals surface area contributed by atoms with Gasteiger partial charge in [0.2, 0.25) is 0 Å². The Balaban J connectivity index is 2.03. The number of aliphatic hydroxyl groups is 1. The Morgan fingerprint density at radius 3 is 3.14 bits per heavy atom. The average molecular weight is 192 g/mol. The van der Waals surface area contributed by atoms with Crippen molar-refractivity contribution < 1.29 is 5.11 Å². The Hall–Kier alpha value is -0.800. The van der Waals surface area contributed by atoms with Gasteiger partial charge in [0.1, 0.15) is 0 Å². The van der Waals surface area contributed by atoms with E-state index in [1.54, 1.807) is 0 Å². The van der Waals surface area contributed by atoms with Gasteiger partial charge in [0.15, 0.2) is 0 Å². The molecule has 0 bridgehead atoms. The molecule has 0 spiro atoms. The van der Waals surface area contributed by atoms with Crippen molar-refractivity contribution >= 4 is 0 Å². The van der Waals surface area contributed by atoms with Crippen molar-refractivity contribution in [3.8, 4) is 0 Å². The van der Waals surface area contributed by atoms with Gasteiger partial charge in [0.25, 0.3) is 0 Å². The third-order valence-corrected chi connectivity index (χ3v) is 3.81. The first-order chi connectivity index (χ1) is 6.79. The molecule has 1 aromatic rings. The molecule has 2 heterocycles. The highest BCUT2D eigenvalue weighted by Gasteiger charge is 2.44. The van der Waals surface area contributed by atoms with Gasteiger partial charge in [-0.2, -0.15) is 0 Å². The first kappa shape index (κ1) is 8.50. The van der Waals surface area contributed by atoms with Crippen LogP contribution in [0.15, 0.2) is 18.3 Å². The summed E-state index contributed by atoms with van der Waals surface area (Å²) in [6.07, 6.45) is 5.09. The topological polar surface area (TPSA) is 51.2 Å². The maximum absolute atomic E-state index is 9.95. The molecule has 0 saturated heterocycles. The molecular formula is C11H16N2O. The Kier molecular flexibility index (Phi) is 1.73. The second-order valence-electron chi connectivity index (χ2n) is 4.51. The summed E-state index contributed by atoms with van der Waals surface area (Å²) in [5.41, 5.74) is 7.35. The van der Waals surface area contributed by atoms with Gasteiger partial charge in [-0.3, -0.25) is 0 Å². The molecule has 3 nitrogen and oxygen atoms in total. The lowest BCUT2D eigenvalue weighted by atomic mass is 9.80. The van der Waals surface area contributed by atoms with Crippen LogP contribution in [0.1, 0.15) is 37.0 Å². The molecule has 1 aromatic heterocycles. The van der Waals surface area contributed by atoms with Crippen molar-refractivity contribution in [1.82, 2.24) is 4.57 Å². The first-order valence-electron chi connectivity index (χ1n) is 5.39. The number of hydrogen-bond donors (Lipinski definition) is 2. The van der Waals surface area contributed by atoms with E-state index in [0.717, 1.165) is 19.3 Å². The molecule has 1 aliphatic heterocycles. The van der Waals surface area contributed by atoms with Crippen molar-refractivity contribution in [1.29, 1.82) is 0 Å². The van der Waals surface area contributed by atoms with Crippen LogP contribution >= 0.6 is 0 Å². The molecule has 76 valence electrons. The molecule has 4 atom stereocenters. The van der Waals surface area contributed by atoms with E-state index in [2.05, 4.69) is 16.8 Å². The molecule has 0 amide bonds. The van der Waals surface area contributed by atoms with E-state index in [-0.39, 0.29) is 18.1 Å². The zero-order chi connectivity index (χ0) is 9.71. The predicted molar refractivity (Wildman–Crippen MR) is 53.7 cm³/mol. The normalized spacial score (nSPS) is 40.7. The maximum atomic E-state index is 9.95. The number of hydrogen-bond acceptors (Lipinski definition) is 2. The quantitative estimate of drug-likeness (QED) is 0.649. The van der Waals surface area contributed by atoms with Crippen LogP contribution in [0.2, 0.25) is 0 Å². The van der Waals surface area contributed by atoms with Crippen LogP contribution in [0, 0.1) is 5.92 Å². The number of nitrogens with zero attached hydrogens (tertiary/aromatic N) is 1. The third kappa shape index (κ3) is 0.940. The minimum Gasteiger partial charge on any atom is -0.393 e. The largest absolute Gasteiger partial charge is 0.393 e. The smallest absolute Gasteiger partial charge is 0.0607 e. The van der Waals surface area contributed by atoms with Crippen molar-refractivity contribution in [2.75, 3.05) is 0 Å². The van der Waals surface area contributed by atoms with Crippen molar-refractivity contribution in [3.05, 3.63) is 24.0 Å². The number of aliphatic hydroxyl groups excluding tert-OH is 1. The average Bonchev–Trinajstić information content (AvgIpc) is 2.71. The van der Waals surface area contributed by atoms with Gasteiger partial charge in [0, 0.05) is 23.9 Å². The minimum absolute atomic E-state index is 0.0327. The van der Waals surface area contributed by atoms with Gasteiger partial charge in [-0.05, 0) is 31.4 Å². The monoisotopic (exact) mass is 192 g/mol. The van der Waals surface area contributed by atoms with E-state index in [0.29, 0.717) is 6.04 Å². The summed E-state index contributed by atoms with van der Waals surface area (Å²) in [5, 5.41) is 9.95. The minimum atomic E-state index is -0.205. The standard InChI is InChI=1S/C11H16N2O/c12-11-8-4-2-6-13(8)7-3-1-5-9(14)10(7)11/h2,4,6-7,9-11,14H,1,3,5,12H2/t7-,9+,10-,11-/m1/s1. The van der Waals surface area contributed by atoms with Crippen LogP contribution in [0.3, 0.4) is 0 Å². The highest BCUT2D eigenvalue weighted by molar-refractivity contribution is 5.21. The second kappa shape index (κ2) is 2.84. The zero-order valence-corrected chi connectivity index (χ0v) is 8.13. The lowest BCUT2D eigenvalue weighted by Gasteiger charge is -2.32. The van der Waals surface area contributed by atoms with Crippen LogP contribution in [-0.2, 0) is 0 Å². The van der Waals surface area contributed by atoms with Gasteiger partial charge < -0.3 is 15.4 Å². The van der Waals surface area contributed by atoms with Crippen molar-refractivity contribution in [2.24, 2.45) is 11.7 Å². The molecule has 1 saturated carbocycles. The van der Waals surface area contributed by atoms with E-state index in [4.69, 9.17) is 5.73 Å². The van der Waals surface area contributed by atoms with Crippen LogP contribution in [0.5, 0.6) is 0 Å². The predicted octanol–water partition coefficient (Wildman–Crippen LogP) is 1.20. The lowest BCUT2D eigenvalue weighted by molar-refractivity contribution is 0.0392. The lowest BCUT2D eigenvalue weighted by Crippen LogP contribution is -2.34. The Bertz CT molecular complexity index is 347. The Morgan fingerprint density at radius 1 is 1.43 bits per heavy atom. The molecule has 1 aliphatic carbocycles. The van der Waals surface area contributed by atoms with Gasteiger partial charge in [-0.15, -0.1) is 0 Å². The van der Waals surface area contributed by atoms with Gasteiger partial charge in [0.05, 0.1) is 12.1 Å². The number of fused-ring (bicyclic) bond motifs is 3. The molecule has 2 aliphatic rings. The van der Waals surface area contributed by atoms with Crippen LogP contribution in [0.4, 0.5) is 0 Å². The fraction of sp³-hybridized carbons (Fsp3) is 0.636. The van der Waals surface area contributed by atoms with Crippen molar-refractivity contribution in [3.63, 3.8) is 0 Å². The maximum Gasteiger partial charge on any atom is 0.0607 e. The molecule has 3 N–H and O–H groups in total. The fourth-order valence-corrected chi connectivity index (χ4v) is 3.17. The summed E-state index contributed by atoms with van der Waals surface area (Å²) in [4.78, 5) is 0. The molecular weight excluding hydrogens is 176 g/mol. The molecule has 0 radical (unpaired) electrons. The second-order valence-corrected chi connectivity index (χ2v) is 4.51. The highest BCUT2D eigenvalue weighted by atomic mass is 16.3. The molecule has 0 aromatic carbocycles. The first-order valence-corrected chi connectivity index (χ1v) is 5.39. The van der Waals surface area contributed by atoms with E-state index in [1.807, 2.05) is 6.07 Å². The SMILES string of the molecule is N[C@@H]1c2cccn2[C@@H]2CCC[C@H](O)[C@H]12. The summed E-state index contributed by atoms with van der Waals surface area (Å²) in [6, 6.07) is 4.60. The van der Waals surface area contributed by atoms with Crippen LogP contribution in [-0.4, -0.2) is 15.8 Å². The fourth-order valence-electron chi connectivity index (χ4n) is 3.17. The molecule has 3 heteroatoms. The number of rotatable bonds is 0. The summed E-state index contributed by atoms with van der Waals surface area (Å²) in [6.45, 7) is 0. The van der Waals surface area contributed by atoms with E-state index in [1.165, 1.54) is 5.69 Å².